The number of hydrogen-bond acceptors (Lipinski definition) is 6. The van der Waals surface area contributed by atoms with Crippen molar-refractivity contribution in [2.45, 2.75) is 63.8 Å². The van der Waals surface area contributed by atoms with Crippen LogP contribution in [-0.4, -0.2) is 31.5 Å². The van der Waals surface area contributed by atoms with Crippen molar-refractivity contribution in [1.82, 2.24) is 5.32 Å². The normalized spacial score (nSPS) is 19.2. The Labute approximate surface area is 288 Å². The molecule has 4 aromatic rings. The number of nitrogens with two attached hydrogens (primary N) is 2. The summed E-state index contributed by atoms with van der Waals surface area (Å²) in [5.74, 6) is -0.721. The van der Waals surface area contributed by atoms with Gasteiger partial charge in [-0.05, 0) is 108 Å². The molecule has 8 nitrogen and oxygen atoms in total. The molecule has 2 saturated heterocycles. The van der Waals surface area contributed by atoms with Crippen LogP contribution < -0.4 is 26.6 Å². The van der Waals surface area contributed by atoms with Gasteiger partial charge >= 0.3 is 0 Å². The monoisotopic (exact) mass is 655 g/mol. The number of benzene rings is 4. The van der Waals surface area contributed by atoms with Crippen molar-refractivity contribution in [3.05, 3.63) is 142 Å². The molecule has 2 unspecified atom stereocenters. The zero-order valence-corrected chi connectivity index (χ0v) is 28.0. The van der Waals surface area contributed by atoms with Crippen LogP contribution >= 0.6 is 0 Å². The second-order valence-corrected chi connectivity index (χ2v) is 13.6. The number of nitrogens with one attached hydrogen (secondary N) is 1. The van der Waals surface area contributed by atoms with Gasteiger partial charge in [-0.2, -0.15) is 0 Å². The first-order valence-electron chi connectivity index (χ1n) is 17.4. The zero-order valence-electron chi connectivity index (χ0n) is 28.0. The van der Waals surface area contributed by atoms with Gasteiger partial charge in [-0.15, -0.1) is 0 Å². The first-order valence-corrected chi connectivity index (χ1v) is 17.4. The lowest BCUT2D eigenvalue weighted by Gasteiger charge is -2.20. The number of amides is 2. The maximum atomic E-state index is 11.3. The number of nitrogens with zero attached hydrogens (tertiary/aromatic N) is 2. The second-order valence-electron chi connectivity index (χ2n) is 13.6. The van der Waals surface area contributed by atoms with Crippen molar-refractivity contribution < 1.29 is 14.3 Å². The SMILES string of the molecule is C=C1CCC(c2ccc(CN3CCc4cc(C(N)=O)ccc43)cc2)N1.NC(=O)c1ccc2c(c1)CCN2Cc1ccc(C2CCCO2)cc1. The second kappa shape index (κ2) is 14.2. The number of carbonyl (C=O) groups excluding carboxylic acids is 2. The Morgan fingerprint density at radius 3 is 1.69 bits per heavy atom. The summed E-state index contributed by atoms with van der Waals surface area (Å²) in [6.07, 6.45) is 6.67. The molecular formula is C41H45N5O3. The van der Waals surface area contributed by atoms with Crippen molar-refractivity contribution in [1.29, 1.82) is 0 Å². The summed E-state index contributed by atoms with van der Waals surface area (Å²) in [5, 5.41) is 3.45. The van der Waals surface area contributed by atoms with Crippen LogP contribution in [0.5, 0.6) is 0 Å². The molecule has 2 amide bonds. The summed E-state index contributed by atoms with van der Waals surface area (Å²) in [6.45, 7) is 8.61. The third kappa shape index (κ3) is 7.34. The van der Waals surface area contributed by atoms with Crippen LogP contribution in [0.25, 0.3) is 0 Å². The molecule has 4 aliphatic rings. The van der Waals surface area contributed by atoms with E-state index in [2.05, 4.69) is 70.2 Å². The van der Waals surface area contributed by atoms with Crippen molar-refractivity contribution >= 4 is 23.2 Å². The topological polar surface area (TPSA) is 114 Å². The van der Waals surface area contributed by atoms with Crippen LogP contribution in [0.15, 0.2) is 97.2 Å². The number of ether oxygens (including phenoxy) is 1. The lowest BCUT2D eigenvalue weighted by Crippen LogP contribution is -2.20. The van der Waals surface area contributed by atoms with E-state index in [9.17, 15) is 9.59 Å². The molecule has 0 spiro atoms. The lowest BCUT2D eigenvalue weighted by atomic mass is 10.0. The van der Waals surface area contributed by atoms with Crippen molar-refractivity contribution in [3.8, 4) is 0 Å². The van der Waals surface area contributed by atoms with Gasteiger partial charge in [0.25, 0.3) is 0 Å². The molecule has 49 heavy (non-hydrogen) atoms. The smallest absolute Gasteiger partial charge is 0.248 e. The van der Waals surface area contributed by atoms with E-state index in [0.717, 1.165) is 77.0 Å². The highest BCUT2D eigenvalue weighted by atomic mass is 16.5. The Morgan fingerprint density at radius 2 is 1.24 bits per heavy atom. The molecule has 4 aromatic carbocycles. The predicted molar refractivity (Wildman–Crippen MR) is 194 cm³/mol. The van der Waals surface area contributed by atoms with Crippen molar-refractivity contribution in [2.24, 2.45) is 11.5 Å². The number of carbonyl (C=O) groups is 2. The van der Waals surface area contributed by atoms with Crippen LogP contribution in [0, 0.1) is 0 Å². The van der Waals surface area contributed by atoms with E-state index >= 15 is 0 Å². The average molecular weight is 656 g/mol. The number of hydrogen-bond donors (Lipinski definition) is 3. The van der Waals surface area contributed by atoms with E-state index in [1.54, 1.807) is 0 Å². The Bertz CT molecular complexity index is 1850. The maximum Gasteiger partial charge on any atom is 0.248 e. The minimum atomic E-state index is -0.361. The minimum Gasteiger partial charge on any atom is -0.382 e. The van der Waals surface area contributed by atoms with E-state index in [0.29, 0.717) is 17.2 Å². The van der Waals surface area contributed by atoms with Crippen molar-refractivity contribution in [2.75, 3.05) is 29.5 Å². The standard InChI is InChI=1S/C21H23N3O.C20H22N2O2/c1-14-2-8-19(23-14)16-5-3-15(4-6-16)13-24-11-10-17-12-18(21(22)25)7-9-20(17)24;21-20(23)17-7-8-18-16(12-17)9-10-22(18)13-14-3-5-15(6-4-14)19-2-1-11-24-19/h3-7,9,12,19,23H,1-2,8,10-11,13H2,(H2,22,25);3-8,12,19H,1-2,9-11,13H2,(H2,21,23). The van der Waals surface area contributed by atoms with Crippen LogP contribution in [0.4, 0.5) is 11.4 Å². The zero-order chi connectivity index (χ0) is 33.9. The highest BCUT2D eigenvalue weighted by Crippen LogP contribution is 2.33. The molecule has 0 bridgehead atoms. The molecule has 0 radical (unpaired) electrons. The Morgan fingerprint density at radius 1 is 0.714 bits per heavy atom. The fourth-order valence-corrected chi connectivity index (χ4v) is 7.51. The molecule has 0 aliphatic carbocycles. The third-order valence-electron chi connectivity index (χ3n) is 10.2. The minimum absolute atomic E-state index is 0.277. The molecular weight excluding hydrogens is 610 g/mol. The summed E-state index contributed by atoms with van der Waals surface area (Å²) in [6, 6.07) is 29.6. The van der Waals surface area contributed by atoms with E-state index in [-0.39, 0.29) is 17.9 Å². The molecule has 8 rings (SSSR count). The van der Waals surface area contributed by atoms with Crippen LogP contribution in [0.3, 0.4) is 0 Å². The summed E-state index contributed by atoms with van der Waals surface area (Å²) >= 11 is 0. The molecule has 2 atom stereocenters. The van der Waals surface area contributed by atoms with E-state index < -0.39 is 0 Å². The number of fused-ring (bicyclic) bond motifs is 2. The molecule has 4 aliphatic heterocycles. The molecule has 4 heterocycles. The van der Waals surface area contributed by atoms with Gasteiger partial charge in [0.2, 0.25) is 11.8 Å². The lowest BCUT2D eigenvalue weighted by molar-refractivity contribution is 0.0992. The van der Waals surface area contributed by atoms with Gasteiger partial charge in [-0.3, -0.25) is 9.59 Å². The van der Waals surface area contributed by atoms with E-state index in [4.69, 9.17) is 16.2 Å². The van der Waals surface area contributed by atoms with Gasteiger partial charge in [0.1, 0.15) is 0 Å². The maximum absolute atomic E-state index is 11.3. The Kier molecular flexibility index (Phi) is 9.40. The molecule has 8 heteroatoms. The molecule has 5 N–H and O–H groups in total. The van der Waals surface area contributed by atoms with Gasteiger partial charge in [-0.1, -0.05) is 55.1 Å². The average Bonchev–Trinajstić information content (AvgIpc) is 3.94. The van der Waals surface area contributed by atoms with Gasteiger partial charge in [0.15, 0.2) is 0 Å². The third-order valence-corrected chi connectivity index (χ3v) is 10.2. The van der Waals surface area contributed by atoms with E-state index in [1.165, 1.54) is 44.8 Å². The first-order chi connectivity index (χ1) is 23.8. The Balaban J connectivity index is 0.000000154. The van der Waals surface area contributed by atoms with Gasteiger partial charge < -0.3 is 31.3 Å². The van der Waals surface area contributed by atoms with Gasteiger partial charge in [0.05, 0.1) is 12.1 Å². The number of allylic oxidation sites excluding steroid dienone is 1. The predicted octanol–water partition coefficient (Wildman–Crippen LogP) is 6.49. The molecule has 0 aromatic heterocycles. The fraction of sp³-hybridized carbons (Fsp3) is 0.317. The Hall–Kier alpha value is -5.08. The first kappa shape index (κ1) is 32.5. The fourth-order valence-electron chi connectivity index (χ4n) is 7.51. The van der Waals surface area contributed by atoms with Crippen LogP contribution in [0.1, 0.15) is 91.9 Å². The highest BCUT2D eigenvalue weighted by Gasteiger charge is 2.23. The molecule has 0 saturated carbocycles. The molecule has 252 valence electrons. The number of rotatable bonds is 8. The largest absolute Gasteiger partial charge is 0.382 e. The van der Waals surface area contributed by atoms with Gasteiger partial charge in [0, 0.05) is 61.0 Å². The summed E-state index contributed by atoms with van der Waals surface area (Å²) in [4.78, 5) is 27.4. The molecule has 2 fully saturated rings. The summed E-state index contributed by atoms with van der Waals surface area (Å²) < 4.78 is 5.74. The quantitative estimate of drug-likeness (QED) is 0.200. The van der Waals surface area contributed by atoms with Crippen LogP contribution in [0.2, 0.25) is 0 Å². The number of primary amides is 2. The van der Waals surface area contributed by atoms with Crippen LogP contribution in [-0.2, 0) is 30.7 Å². The summed E-state index contributed by atoms with van der Waals surface area (Å²) in [7, 11) is 0. The van der Waals surface area contributed by atoms with E-state index in [1.807, 2.05) is 36.4 Å². The van der Waals surface area contributed by atoms with Gasteiger partial charge in [-0.25, -0.2) is 0 Å². The highest BCUT2D eigenvalue weighted by molar-refractivity contribution is 5.94. The van der Waals surface area contributed by atoms with Crippen molar-refractivity contribution in [3.63, 3.8) is 0 Å². The number of anilines is 2. The summed E-state index contributed by atoms with van der Waals surface area (Å²) in [5.41, 5.74) is 23.1.